The zero-order chi connectivity index (χ0) is 24.2. The largest absolute Gasteiger partial charge is 0.396 e. The third-order valence-corrected chi connectivity index (χ3v) is 5.26. The maximum absolute atomic E-state index is 12.8. The number of rotatable bonds is 8. The number of fused-ring (bicyclic) bond motifs is 1. The van der Waals surface area contributed by atoms with E-state index < -0.39 is 11.4 Å². The maximum Gasteiger partial charge on any atom is 0.252 e. The molecular weight excluding hydrogens is 420 g/mol. The molecule has 0 radical (unpaired) electrons. The van der Waals surface area contributed by atoms with Gasteiger partial charge >= 0.3 is 0 Å². The van der Waals surface area contributed by atoms with E-state index in [2.05, 4.69) is 20.1 Å². The van der Waals surface area contributed by atoms with Crippen molar-refractivity contribution in [1.82, 2.24) is 19.9 Å². The lowest BCUT2D eigenvalue weighted by molar-refractivity contribution is -0.119. The molecule has 0 atom stereocenters. The van der Waals surface area contributed by atoms with Crippen molar-refractivity contribution >= 4 is 28.8 Å². The molecule has 2 heterocycles. The molecule has 172 valence electrons. The molecule has 1 amide bonds. The van der Waals surface area contributed by atoms with Crippen molar-refractivity contribution < 1.29 is 15.0 Å². The number of aliphatic hydroxyl groups excluding tert-OH is 2. The van der Waals surface area contributed by atoms with E-state index in [0.29, 0.717) is 35.3 Å². The average molecular weight is 449 g/mol. The van der Waals surface area contributed by atoms with E-state index in [1.807, 2.05) is 35.8 Å². The van der Waals surface area contributed by atoms with Crippen molar-refractivity contribution in [3.63, 3.8) is 0 Å². The van der Waals surface area contributed by atoms with E-state index in [1.54, 1.807) is 13.8 Å². The average Bonchev–Trinajstić information content (AvgIpc) is 3.10. The molecule has 0 aliphatic heterocycles. The van der Waals surface area contributed by atoms with Gasteiger partial charge in [0.1, 0.15) is 17.8 Å². The van der Waals surface area contributed by atoms with Crippen LogP contribution in [-0.4, -0.2) is 49.4 Å². The van der Waals surface area contributed by atoms with Crippen LogP contribution in [0.15, 0.2) is 36.3 Å². The van der Waals surface area contributed by atoms with Crippen molar-refractivity contribution in [2.24, 2.45) is 0 Å². The van der Waals surface area contributed by atoms with E-state index in [-0.39, 0.29) is 24.7 Å². The highest BCUT2D eigenvalue weighted by Gasteiger charge is 2.25. The number of aromatic nitrogens is 3. The number of carbonyl (C=O) groups excluding carboxylic acids is 1. The Balaban J connectivity index is 2.32. The SMILES string of the molecule is [C-]#[N+]/C(=C\c1c(-c2ccc(C)cc2)c2c(N)ncnc2n1CCCO)C(=O)NC(C)(C)CO. The second-order valence-electron chi connectivity index (χ2n) is 8.45. The Hall–Kier alpha value is -3.74. The minimum atomic E-state index is -0.889. The molecule has 9 heteroatoms. The molecule has 3 aromatic rings. The minimum Gasteiger partial charge on any atom is -0.396 e. The summed E-state index contributed by atoms with van der Waals surface area (Å²) in [5.41, 5.74) is 8.96. The van der Waals surface area contributed by atoms with Gasteiger partial charge in [-0.05, 0) is 38.8 Å². The summed E-state index contributed by atoms with van der Waals surface area (Å²) in [6, 6.07) is 7.81. The van der Waals surface area contributed by atoms with Gasteiger partial charge in [-0.2, -0.15) is 0 Å². The van der Waals surface area contributed by atoms with Crippen LogP contribution in [0.2, 0.25) is 0 Å². The molecule has 0 spiro atoms. The summed E-state index contributed by atoms with van der Waals surface area (Å²) < 4.78 is 1.84. The molecule has 0 aliphatic carbocycles. The Morgan fingerprint density at radius 2 is 1.97 bits per heavy atom. The van der Waals surface area contributed by atoms with E-state index in [9.17, 15) is 15.0 Å². The van der Waals surface area contributed by atoms with Crippen molar-refractivity contribution in [3.8, 4) is 11.1 Å². The summed E-state index contributed by atoms with van der Waals surface area (Å²) in [4.78, 5) is 24.9. The standard InChI is InChI=1S/C24H28N6O3/c1-15-6-8-16(9-7-15)19-18(12-17(26-4)23(33)29-24(2,3)13-32)30(10-5-11-31)22-20(19)21(25)27-14-28-22/h6-9,12,14,31-32H,5,10-11,13H2,1-3H3,(H,29,33)(H2,25,27,28)/b17-12-. The fourth-order valence-corrected chi connectivity index (χ4v) is 3.52. The van der Waals surface area contributed by atoms with Gasteiger partial charge in [0.15, 0.2) is 0 Å². The number of anilines is 1. The smallest absolute Gasteiger partial charge is 0.252 e. The molecule has 0 unspecified atom stereocenters. The fraction of sp³-hybridized carbons (Fsp3) is 0.333. The van der Waals surface area contributed by atoms with E-state index in [4.69, 9.17) is 12.3 Å². The number of carbonyl (C=O) groups is 1. The number of nitrogens with zero attached hydrogens (tertiary/aromatic N) is 4. The van der Waals surface area contributed by atoms with Crippen LogP contribution in [0.5, 0.6) is 0 Å². The third kappa shape index (κ3) is 5.03. The molecule has 0 bridgehead atoms. The Labute approximate surface area is 192 Å². The summed E-state index contributed by atoms with van der Waals surface area (Å²) in [6.45, 7) is 13.0. The molecule has 5 N–H and O–H groups in total. The van der Waals surface area contributed by atoms with Gasteiger partial charge in [0, 0.05) is 24.4 Å². The zero-order valence-electron chi connectivity index (χ0n) is 19.0. The lowest BCUT2D eigenvalue weighted by Gasteiger charge is -2.23. The van der Waals surface area contributed by atoms with Crippen LogP contribution in [0.25, 0.3) is 33.1 Å². The van der Waals surface area contributed by atoms with Gasteiger partial charge in [0.25, 0.3) is 11.6 Å². The Morgan fingerprint density at radius 1 is 1.27 bits per heavy atom. The highest BCUT2D eigenvalue weighted by atomic mass is 16.3. The number of nitrogen functional groups attached to an aromatic ring is 1. The molecule has 0 saturated carbocycles. The lowest BCUT2D eigenvalue weighted by atomic mass is 10.0. The number of hydrogen-bond acceptors (Lipinski definition) is 6. The van der Waals surface area contributed by atoms with Crippen molar-refractivity contribution in [1.29, 1.82) is 0 Å². The van der Waals surface area contributed by atoms with Crippen LogP contribution in [0.3, 0.4) is 0 Å². The predicted molar refractivity (Wildman–Crippen MR) is 128 cm³/mol. The molecule has 1 aromatic carbocycles. The Kier molecular flexibility index (Phi) is 7.11. The van der Waals surface area contributed by atoms with E-state index in [1.165, 1.54) is 12.4 Å². The van der Waals surface area contributed by atoms with Crippen molar-refractivity contribution in [3.05, 3.63) is 59.0 Å². The second kappa shape index (κ2) is 9.81. The van der Waals surface area contributed by atoms with Crippen LogP contribution >= 0.6 is 0 Å². The molecule has 33 heavy (non-hydrogen) atoms. The number of amides is 1. The first-order chi connectivity index (χ1) is 15.7. The number of benzene rings is 1. The molecule has 2 aromatic heterocycles. The molecular formula is C24H28N6O3. The number of nitrogens with one attached hydrogen (secondary N) is 1. The summed E-state index contributed by atoms with van der Waals surface area (Å²) in [5, 5.41) is 22.2. The van der Waals surface area contributed by atoms with Gasteiger partial charge < -0.3 is 25.8 Å². The topological polar surface area (TPSA) is 131 Å². The summed E-state index contributed by atoms with van der Waals surface area (Å²) in [7, 11) is 0. The lowest BCUT2D eigenvalue weighted by Crippen LogP contribution is -2.46. The summed E-state index contributed by atoms with van der Waals surface area (Å²) in [5.74, 6) is -0.319. The highest BCUT2D eigenvalue weighted by molar-refractivity contribution is 6.07. The molecule has 9 nitrogen and oxygen atoms in total. The predicted octanol–water partition coefficient (Wildman–Crippen LogP) is 2.52. The summed E-state index contributed by atoms with van der Waals surface area (Å²) in [6.07, 6.45) is 3.31. The van der Waals surface area contributed by atoms with Gasteiger partial charge in [-0.3, -0.25) is 4.79 Å². The maximum atomic E-state index is 12.8. The first kappa shape index (κ1) is 23.9. The third-order valence-electron chi connectivity index (χ3n) is 5.26. The normalized spacial score (nSPS) is 12.1. The number of aryl methyl sites for hydroxylation is 2. The Morgan fingerprint density at radius 3 is 2.58 bits per heavy atom. The van der Waals surface area contributed by atoms with E-state index >= 15 is 0 Å². The van der Waals surface area contributed by atoms with Gasteiger partial charge in [-0.15, -0.1) is 0 Å². The Bertz CT molecular complexity index is 1240. The second-order valence-corrected chi connectivity index (χ2v) is 8.45. The number of nitrogens with two attached hydrogens (primary N) is 1. The van der Waals surface area contributed by atoms with E-state index in [0.717, 1.165) is 11.1 Å². The van der Waals surface area contributed by atoms with Gasteiger partial charge in [0.05, 0.1) is 24.1 Å². The van der Waals surface area contributed by atoms with Crippen LogP contribution in [0.4, 0.5) is 5.82 Å². The van der Waals surface area contributed by atoms with Crippen LogP contribution in [0.1, 0.15) is 31.5 Å². The van der Waals surface area contributed by atoms with Crippen LogP contribution in [-0.2, 0) is 11.3 Å². The first-order valence-corrected chi connectivity index (χ1v) is 10.6. The number of hydrogen-bond donors (Lipinski definition) is 4. The van der Waals surface area contributed by atoms with Crippen LogP contribution < -0.4 is 11.1 Å². The molecule has 0 aliphatic rings. The summed E-state index contributed by atoms with van der Waals surface area (Å²) >= 11 is 0. The molecule has 3 rings (SSSR count). The van der Waals surface area contributed by atoms with Crippen molar-refractivity contribution in [2.75, 3.05) is 18.9 Å². The first-order valence-electron chi connectivity index (χ1n) is 10.6. The van der Waals surface area contributed by atoms with Gasteiger partial charge in [-0.1, -0.05) is 29.8 Å². The fourth-order valence-electron chi connectivity index (χ4n) is 3.52. The quantitative estimate of drug-likeness (QED) is 0.309. The van der Waals surface area contributed by atoms with Crippen LogP contribution in [0, 0.1) is 13.5 Å². The molecule has 0 fully saturated rings. The monoisotopic (exact) mass is 448 g/mol. The van der Waals surface area contributed by atoms with Gasteiger partial charge in [0.2, 0.25) is 0 Å². The zero-order valence-corrected chi connectivity index (χ0v) is 19.0. The highest BCUT2D eigenvalue weighted by Crippen LogP contribution is 2.38. The molecule has 0 saturated heterocycles. The minimum absolute atomic E-state index is 0.0376. The van der Waals surface area contributed by atoms with Crippen molar-refractivity contribution in [2.45, 2.75) is 39.3 Å². The van der Waals surface area contributed by atoms with Gasteiger partial charge in [-0.25, -0.2) is 14.8 Å². The number of aliphatic hydroxyl groups is 2.